The van der Waals surface area contributed by atoms with Gasteiger partial charge < -0.3 is 9.52 Å². The Labute approximate surface area is 125 Å². The Balaban J connectivity index is 2.12. The second kappa shape index (κ2) is 5.11. The maximum absolute atomic E-state index is 11.3. The average Bonchev–Trinajstić information content (AvgIpc) is 3.18. The summed E-state index contributed by atoms with van der Waals surface area (Å²) in [4.78, 5) is 26.5. The monoisotopic (exact) mass is 322 g/mol. The van der Waals surface area contributed by atoms with Crippen molar-refractivity contribution >= 4 is 33.6 Å². The summed E-state index contributed by atoms with van der Waals surface area (Å²) < 4.78 is 5.51. The number of nitro groups is 1. The number of hydrogen-bond donors (Lipinski definition) is 1. The van der Waals surface area contributed by atoms with Gasteiger partial charge in [-0.05, 0) is 17.5 Å². The maximum Gasteiger partial charge on any atom is 0.358 e. The van der Waals surface area contributed by atoms with Crippen LogP contribution in [0, 0.1) is 10.1 Å². The Bertz CT molecular complexity index is 819. The van der Waals surface area contributed by atoms with Crippen LogP contribution >= 0.6 is 22.7 Å². The first-order valence-corrected chi connectivity index (χ1v) is 7.28. The molecule has 21 heavy (non-hydrogen) atoms. The molecule has 3 aromatic rings. The van der Waals surface area contributed by atoms with Gasteiger partial charge >= 0.3 is 11.0 Å². The largest absolute Gasteiger partial charge is 0.476 e. The fourth-order valence-corrected chi connectivity index (χ4v) is 3.14. The van der Waals surface area contributed by atoms with E-state index < -0.39 is 10.9 Å². The van der Waals surface area contributed by atoms with Crippen molar-refractivity contribution in [3.8, 4) is 21.4 Å². The third kappa shape index (κ3) is 2.43. The van der Waals surface area contributed by atoms with Crippen molar-refractivity contribution in [3.05, 3.63) is 45.5 Å². The molecule has 3 aromatic heterocycles. The van der Waals surface area contributed by atoms with Crippen LogP contribution < -0.4 is 0 Å². The molecule has 0 bridgehead atoms. The quantitative estimate of drug-likeness (QED) is 0.579. The fraction of sp³-hybridized carbons (Fsp3) is 0. The highest BCUT2D eigenvalue weighted by Gasteiger charge is 2.24. The summed E-state index contributed by atoms with van der Waals surface area (Å²) in [6.45, 7) is 0. The number of oxazole rings is 1. The third-order valence-corrected chi connectivity index (χ3v) is 4.45. The standard InChI is InChI=1S/C12H6N2O5S2/c15-12(16)9-10(6-3-4-8(21-6)14(17)18)19-11(13-9)7-2-1-5-20-7/h1-5H,(H,15,16). The number of aromatic nitrogens is 1. The van der Waals surface area contributed by atoms with Crippen LogP contribution in [0.2, 0.25) is 0 Å². The minimum absolute atomic E-state index is 0.0315. The van der Waals surface area contributed by atoms with Crippen molar-refractivity contribution in [2.75, 3.05) is 0 Å². The van der Waals surface area contributed by atoms with E-state index in [1.54, 1.807) is 12.1 Å². The van der Waals surface area contributed by atoms with Crippen molar-refractivity contribution in [1.82, 2.24) is 4.98 Å². The molecule has 0 aromatic carbocycles. The second-order valence-corrected chi connectivity index (χ2v) is 5.88. The molecule has 1 N–H and O–H groups in total. The first-order chi connectivity index (χ1) is 10.1. The van der Waals surface area contributed by atoms with Gasteiger partial charge in [0.1, 0.15) is 0 Å². The van der Waals surface area contributed by atoms with E-state index in [0.717, 1.165) is 11.3 Å². The first kappa shape index (κ1) is 13.5. The van der Waals surface area contributed by atoms with Gasteiger partial charge in [0, 0.05) is 6.07 Å². The summed E-state index contributed by atoms with van der Waals surface area (Å²) in [5.74, 6) is -1.02. The predicted molar refractivity (Wildman–Crippen MR) is 76.7 cm³/mol. The van der Waals surface area contributed by atoms with Gasteiger partial charge in [0.25, 0.3) is 0 Å². The molecule has 3 heterocycles. The molecule has 0 aliphatic carbocycles. The van der Waals surface area contributed by atoms with Gasteiger partial charge in [0.2, 0.25) is 5.89 Å². The van der Waals surface area contributed by atoms with Gasteiger partial charge in [-0.2, -0.15) is 0 Å². The Hall–Kier alpha value is -2.52. The molecule has 0 spiro atoms. The van der Waals surface area contributed by atoms with Crippen LogP contribution in [0.3, 0.4) is 0 Å². The van der Waals surface area contributed by atoms with Crippen LogP contribution in [0.15, 0.2) is 34.1 Å². The van der Waals surface area contributed by atoms with Gasteiger partial charge in [0.15, 0.2) is 11.5 Å². The molecule has 0 amide bonds. The van der Waals surface area contributed by atoms with Crippen LogP contribution in [0.1, 0.15) is 10.5 Å². The molecule has 0 aliphatic heterocycles. The zero-order valence-electron chi connectivity index (χ0n) is 10.2. The number of carboxylic acid groups (broad SMARTS) is 1. The zero-order chi connectivity index (χ0) is 15.0. The summed E-state index contributed by atoms with van der Waals surface area (Å²) in [5, 5.41) is 21.6. The number of rotatable bonds is 4. The van der Waals surface area contributed by atoms with Gasteiger partial charge in [-0.3, -0.25) is 10.1 Å². The molecule has 0 fully saturated rings. The zero-order valence-corrected chi connectivity index (χ0v) is 11.8. The van der Waals surface area contributed by atoms with Crippen LogP contribution in [-0.4, -0.2) is 21.0 Å². The van der Waals surface area contributed by atoms with E-state index in [9.17, 15) is 20.0 Å². The summed E-state index contributed by atoms with van der Waals surface area (Å²) in [6.07, 6.45) is 0. The third-order valence-electron chi connectivity index (χ3n) is 2.56. The Morgan fingerprint density at radius 3 is 2.71 bits per heavy atom. The molecule has 0 aliphatic rings. The van der Waals surface area contributed by atoms with Crippen molar-refractivity contribution in [2.45, 2.75) is 0 Å². The van der Waals surface area contributed by atoms with Crippen LogP contribution in [0.4, 0.5) is 5.00 Å². The smallest absolute Gasteiger partial charge is 0.358 e. The second-order valence-electron chi connectivity index (χ2n) is 3.87. The lowest BCUT2D eigenvalue weighted by Crippen LogP contribution is -1.98. The van der Waals surface area contributed by atoms with E-state index in [4.69, 9.17) is 4.42 Å². The minimum Gasteiger partial charge on any atom is -0.476 e. The number of thiophene rings is 2. The molecule has 0 saturated carbocycles. The minimum atomic E-state index is -1.24. The van der Waals surface area contributed by atoms with E-state index >= 15 is 0 Å². The molecule has 0 unspecified atom stereocenters. The molecule has 7 nitrogen and oxygen atoms in total. The fourth-order valence-electron chi connectivity index (χ4n) is 1.69. The lowest BCUT2D eigenvalue weighted by molar-refractivity contribution is -0.380. The molecule has 106 valence electrons. The number of aromatic carboxylic acids is 1. The predicted octanol–water partition coefficient (Wildman–Crippen LogP) is 3.74. The van der Waals surface area contributed by atoms with Crippen molar-refractivity contribution < 1.29 is 19.2 Å². The molecule has 3 rings (SSSR count). The average molecular weight is 322 g/mol. The van der Waals surface area contributed by atoms with Crippen LogP contribution in [0.5, 0.6) is 0 Å². The van der Waals surface area contributed by atoms with E-state index in [-0.39, 0.29) is 22.3 Å². The Morgan fingerprint density at radius 1 is 1.33 bits per heavy atom. The van der Waals surface area contributed by atoms with E-state index in [2.05, 4.69) is 4.98 Å². The molecule has 0 atom stereocenters. The highest BCUT2D eigenvalue weighted by atomic mass is 32.1. The van der Waals surface area contributed by atoms with Crippen molar-refractivity contribution in [3.63, 3.8) is 0 Å². The lowest BCUT2D eigenvalue weighted by Gasteiger charge is -1.91. The number of nitrogens with zero attached hydrogens (tertiary/aromatic N) is 2. The van der Waals surface area contributed by atoms with E-state index in [1.165, 1.54) is 23.5 Å². The lowest BCUT2D eigenvalue weighted by atomic mass is 10.3. The topological polar surface area (TPSA) is 106 Å². The van der Waals surface area contributed by atoms with Gasteiger partial charge in [-0.1, -0.05) is 17.4 Å². The molecule has 0 saturated heterocycles. The normalized spacial score (nSPS) is 10.7. The molecular weight excluding hydrogens is 316 g/mol. The summed E-state index contributed by atoms with van der Waals surface area (Å²) in [5.41, 5.74) is -0.254. The molecular formula is C12H6N2O5S2. The van der Waals surface area contributed by atoms with Crippen molar-refractivity contribution in [1.29, 1.82) is 0 Å². The number of hydrogen-bond acceptors (Lipinski definition) is 7. The summed E-state index contributed by atoms with van der Waals surface area (Å²) in [6, 6.07) is 6.30. The first-order valence-electron chi connectivity index (χ1n) is 5.59. The van der Waals surface area contributed by atoms with Crippen LogP contribution in [0.25, 0.3) is 21.4 Å². The van der Waals surface area contributed by atoms with Crippen molar-refractivity contribution in [2.24, 2.45) is 0 Å². The number of carboxylic acids is 1. The summed E-state index contributed by atoms with van der Waals surface area (Å²) >= 11 is 2.20. The molecule has 0 radical (unpaired) electrons. The highest BCUT2D eigenvalue weighted by Crippen LogP contribution is 2.37. The highest BCUT2D eigenvalue weighted by molar-refractivity contribution is 7.18. The van der Waals surface area contributed by atoms with E-state index in [1.807, 2.05) is 5.38 Å². The van der Waals surface area contributed by atoms with E-state index in [0.29, 0.717) is 9.75 Å². The van der Waals surface area contributed by atoms with Gasteiger partial charge in [-0.25, -0.2) is 9.78 Å². The Kier molecular flexibility index (Phi) is 3.28. The van der Waals surface area contributed by atoms with Gasteiger partial charge in [0.05, 0.1) is 14.7 Å². The summed E-state index contributed by atoms with van der Waals surface area (Å²) in [7, 11) is 0. The number of carbonyl (C=O) groups is 1. The maximum atomic E-state index is 11.3. The SMILES string of the molecule is O=C(O)c1nc(-c2cccs2)oc1-c1ccc([N+](=O)[O-])s1. The molecule has 9 heteroatoms. The Morgan fingerprint density at radius 2 is 2.14 bits per heavy atom. The van der Waals surface area contributed by atoms with Gasteiger partial charge in [-0.15, -0.1) is 11.3 Å². The van der Waals surface area contributed by atoms with Crippen LogP contribution in [-0.2, 0) is 0 Å².